The van der Waals surface area contributed by atoms with Gasteiger partial charge in [-0.25, -0.2) is 0 Å². The number of likely N-dealkylation sites (N-methyl/N-ethyl adjacent to an activating group) is 1. The summed E-state index contributed by atoms with van der Waals surface area (Å²) in [5.74, 6) is 1.39. The zero-order valence-electron chi connectivity index (χ0n) is 12.2. The first-order chi connectivity index (χ1) is 8.78. The summed E-state index contributed by atoms with van der Waals surface area (Å²) in [6, 6.07) is 3.88. The number of rotatable bonds is 6. The van der Waals surface area contributed by atoms with Crippen LogP contribution in [0.4, 0.5) is 0 Å². The van der Waals surface area contributed by atoms with E-state index in [9.17, 15) is 5.11 Å². The quantitative estimate of drug-likeness (QED) is 0.870. The molecule has 1 aromatic rings. The number of nitrogens with zero attached hydrogens (tertiary/aromatic N) is 1. The van der Waals surface area contributed by atoms with Crippen LogP contribution >= 0.6 is 15.9 Å². The van der Waals surface area contributed by atoms with Crippen LogP contribution < -0.4 is 9.47 Å². The average Bonchev–Trinajstić information content (AvgIpc) is 2.29. The van der Waals surface area contributed by atoms with E-state index in [1.165, 1.54) is 0 Å². The van der Waals surface area contributed by atoms with Gasteiger partial charge in [-0.2, -0.15) is 0 Å². The summed E-state index contributed by atoms with van der Waals surface area (Å²) in [5.41, 5.74) is 0.377. The fourth-order valence-electron chi connectivity index (χ4n) is 2.06. The molecule has 0 aliphatic carbocycles. The molecule has 0 fully saturated rings. The van der Waals surface area contributed by atoms with Crippen molar-refractivity contribution in [2.45, 2.75) is 26.0 Å². The van der Waals surface area contributed by atoms with Crippen LogP contribution in [0, 0.1) is 0 Å². The van der Waals surface area contributed by atoms with Crippen molar-refractivity contribution in [3.63, 3.8) is 0 Å². The lowest BCUT2D eigenvalue weighted by Gasteiger charge is -2.26. The second kappa shape index (κ2) is 6.59. The Hall–Kier alpha value is -0.780. The molecule has 0 saturated carbocycles. The van der Waals surface area contributed by atoms with Crippen molar-refractivity contribution >= 4 is 15.9 Å². The topological polar surface area (TPSA) is 41.9 Å². The number of benzene rings is 1. The van der Waals surface area contributed by atoms with Crippen LogP contribution in [0.5, 0.6) is 11.5 Å². The van der Waals surface area contributed by atoms with Crippen molar-refractivity contribution in [3.8, 4) is 11.5 Å². The summed E-state index contributed by atoms with van der Waals surface area (Å²) < 4.78 is 11.5. The van der Waals surface area contributed by atoms with E-state index in [1.54, 1.807) is 28.1 Å². The highest BCUT2D eigenvalue weighted by Gasteiger charge is 2.18. The number of methoxy groups -OCH3 is 2. The molecule has 0 unspecified atom stereocenters. The van der Waals surface area contributed by atoms with Gasteiger partial charge in [0.25, 0.3) is 0 Å². The van der Waals surface area contributed by atoms with E-state index in [-0.39, 0.29) is 0 Å². The summed E-state index contributed by atoms with van der Waals surface area (Å²) in [5, 5.41) is 9.82. The normalized spacial score (nSPS) is 11.8. The molecule has 0 heterocycles. The zero-order valence-corrected chi connectivity index (χ0v) is 13.7. The molecule has 0 aromatic heterocycles. The highest BCUT2D eigenvalue weighted by molar-refractivity contribution is 9.10. The van der Waals surface area contributed by atoms with E-state index >= 15 is 0 Å². The molecule has 0 aliphatic rings. The predicted molar refractivity (Wildman–Crippen MR) is 79.9 cm³/mol. The molecule has 4 nitrogen and oxygen atoms in total. The zero-order chi connectivity index (χ0) is 14.6. The van der Waals surface area contributed by atoms with Crippen LogP contribution in [0.15, 0.2) is 16.6 Å². The molecule has 0 atom stereocenters. The van der Waals surface area contributed by atoms with Gasteiger partial charge >= 0.3 is 0 Å². The number of ether oxygens (including phenoxy) is 2. The maximum atomic E-state index is 9.82. The second-order valence-electron chi connectivity index (χ2n) is 5.26. The maximum absolute atomic E-state index is 9.82. The number of halogens is 1. The maximum Gasteiger partial charge on any atom is 0.175 e. The molecule has 0 spiro atoms. The van der Waals surface area contributed by atoms with Crippen LogP contribution in [0.1, 0.15) is 19.4 Å². The minimum Gasteiger partial charge on any atom is -0.493 e. The molecule has 0 saturated heterocycles. The van der Waals surface area contributed by atoms with Gasteiger partial charge in [0.05, 0.1) is 24.3 Å². The van der Waals surface area contributed by atoms with E-state index in [1.807, 2.05) is 19.2 Å². The van der Waals surface area contributed by atoms with Gasteiger partial charge in [-0.05, 0) is 48.5 Å². The summed E-state index contributed by atoms with van der Waals surface area (Å²) in [7, 11) is 5.21. The molecule has 19 heavy (non-hydrogen) atoms. The van der Waals surface area contributed by atoms with Gasteiger partial charge in [0, 0.05) is 13.1 Å². The summed E-state index contributed by atoms with van der Waals surface area (Å²) in [6.07, 6.45) is 0. The van der Waals surface area contributed by atoms with E-state index in [2.05, 4.69) is 20.8 Å². The molecular weight excluding hydrogens is 310 g/mol. The van der Waals surface area contributed by atoms with E-state index in [0.29, 0.717) is 24.6 Å². The van der Waals surface area contributed by atoms with Crippen LogP contribution in [0.25, 0.3) is 0 Å². The third-order valence-corrected chi connectivity index (χ3v) is 3.53. The van der Waals surface area contributed by atoms with Gasteiger partial charge in [-0.3, -0.25) is 4.90 Å². The lowest BCUT2D eigenvalue weighted by atomic mass is 10.1. The van der Waals surface area contributed by atoms with Crippen LogP contribution in [0.3, 0.4) is 0 Å². The highest BCUT2D eigenvalue weighted by Crippen LogP contribution is 2.37. The minimum absolute atomic E-state index is 0.591. The van der Waals surface area contributed by atoms with Crippen LogP contribution in [-0.4, -0.2) is 43.4 Å². The Morgan fingerprint density at radius 2 is 1.89 bits per heavy atom. The molecule has 0 amide bonds. The molecule has 1 aromatic carbocycles. The lowest BCUT2D eigenvalue weighted by Crippen LogP contribution is -2.35. The minimum atomic E-state index is -0.711. The van der Waals surface area contributed by atoms with Crippen LogP contribution in [-0.2, 0) is 6.54 Å². The van der Waals surface area contributed by atoms with E-state index in [0.717, 1.165) is 10.0 Å². The van der Waals surface area contributed by atoms with Crippen molar-refractivity contribution in [2.24, 2.45) is 0 Å². The molecule has 0 aliphatic heterocycles. The smallest absolute Gasteiger partial charge is 0.175 e. The first kappa shape index (κ1) is 16.3. The Morgan fingerprint density at radius 3 is 2.37 bits per heavy atom. The Morgan fingerprint density at radius 1 is 1.26 bits per heavy atom. The van der Waals surface area contributed by atoms with E-state index < -0.39 is 5.60 Å². The molecule has 108 valence electrons. The summed E-state index contributed by atoms with van der Waals surface area (Å²) in [4.78, 5) is 2.06. The monoisotopic (exact) mass is 331 g/mol. The second-order valence-corrected chi connectivity index (χ2v) is 6.05. The Bertz CT molecular complexity index is 429. The lowest BCUT2D eigenvalue weighted by molar-refractivity contribution is 0.0424. The SMILES string of the molecule is COc1ccc(CN(C)CC(C)(C)O)c(Br)c1OC. The number of aliphatic hydroxyl groups is 1. The van der Waals surface area contributed by atoms with Crippen molar-refractivity contribution in [1.29, 1.82) is 0 Å². The summed E-state index contributed by atoms with van der Waals surface area (Å²) >= 11 is 3.55. The number of hydrogen-bond donors (Lipinski definition) is 1. The van der Waals surface area contributed by atoms with E-state index in [4.69, 9.17) is 9.47 Å². The predicted octanol–water partition coefficient (Wildman–Crippen LogP) is 2.67. The first-order valence-electron chi connectivity index (χ1n) is 6.08. The Labute approximate surface area is 123 Å². The van der Waals surface area contributed by atoms with Gasteiger partial charge in [0.15, 0.2) is 11.5 Å². The van der Waals surface area contributed by atoms with Gasteiger partial charge in [0.1, 0.15) is 0 Å². The third kappa shape index (κ3) is 4.67. The van der Waals surface area contributed by atoms with Gasteiger partial charge in [-0.15, -0.1) is 0 Å². The van der Waals surface area contributed by atoms with Gasteiger partial charge in [-0.1, -0.05) is 6.07 Å². The molecule has 0 bridgehead atoms. The fourth-order valence-corrected chi connectivity index (χ4v) is 2.67. The molecular formula is C14H22BrNO3. The van der Waals surface area contributed by atoms with Crippen molar-refractivity contribution in [3.05, 3.63) is 22.2 Å². The highest BCUT2D eigenvalue weighted by atomic mass is 79.9. The van der Waals surface area contributed by atoms with Crippen molar-refractivity contribution in [1.82, 2.24) is 4.90 Å². The van der Waals surface area contributed by atoms with Crippen LogP contribution in [0.2, 0.25) is 0 Å². The largest absolute Gasteiger partial charge is 0.493 e. The molecule has 1 rings (SSSR count). The molecule has 0 radical (unpaired) electrons. The third-order valence-electron chi connectivity index (χ3n) is 2.66. The average molecular weight is 332 g/mol. The standard InChI is InChI=1S/C14H22BrNO3/c1-14(2,17)9-16(3)8-10-6-7-11(18-4)13(19-5)12(10)15/h6-7,17H,8-9H2,1-5H3. The van der Waals surface area contributed by atoms with Crippen molar-refractivity contribution in [2.75, 3.05) is 27.8 Å². The van der Waals surface area contributed by atoms with Gasteiger partial charge in [0.2, 0.25) is 0 Å². The van der Waals surface area contributed by atoms with Crippen molar-refractivity contribution < 1.29 is 14.6 Å². The first-order valence-corrected chi connectivity index (χ1v) is 6.88. The van der Waals surface area contributed by atoms with Gasteiger partial charge < -0.3 is 14.6 Å². The Balaban J connectivity index is 2.90. The fraction of sp³-hybridized carbons (Fsp3) is 0.571. The number of hydrogen-bond acceptors (Lipinski definition) is 4. The summed E-state index contributed by atoms with van der Waals surface area (Å²) in [6.45, 7) is 4.90. The molecule has 1 N–H and O–H groups in total. The Kier molecular flexibility index (Phi) is 5.64. The molecule has 5 heteroatoms.